The van der Waals surface area contributed by atoms with Crippen LogP contribution in [-0.4, -0.2) is 9.97 Å². The maximum atomic E-state index is 6.07. The summed E-state index contributed by atoms with van der Waals surface area (Å²) in [6.07, 6.45) is 4.06. The molecule has 1 atom stereocenters. The van der Waals surface area contributed by atoms with Crippen molar-refractivity contribution >= 4 is 27.5 Å². The third-order valence-electron chi connectivity index (χ3n) is 2.36. The average molecular weight is 313 g/mol. The number of rotatable bonds is 3. The molecule has 0 aliphatic carbocycles. The lowest BCUT2D eigenvalue weighted by molar-refractivity contribution is 0.683. The lowest BCUT2D eigenvalue weighted by Crippen LogP contribution is -2.16. The fourth-order valence-electron chi connectivity index (χ4n) is 1.52. The zero-order valence-corrected chi connectivity index (χ0v) is 11.3. The van der Waals surface area contributed by atoms with E-state index in [1.165, 1.54) is 0 Å². The maximum absolute atomic E-state index is 6.07. The smallest absolute Gasteiger partial charge is 0.0760 e. The predicted octanol–water partition coefficient (Wildman–Crippen LogP) is 3.14. The van der Waals surface area contributed by atoms with Crippen molar-refractivity contribution in [3.8, 4) is 0 Å². The Morgan fingerprint density at radius 3 is 2.76 bits per heavy atom. The lowest BCUT2D eigenvalue weighted by Gasteiger charge is -2.11. The van der Waals surface area contributed by atoms with Gasteiger partial charge in [-0.3, -0.25) is 9.97 Å². The number of nitrogens with two attached hydrogens (primary N) is 1. The van der Waals surface area contributed by atoms with Crippen molar-refractivity contribution in [2.45, 2.75) is 12.5 Å². The summed E-state index contributed by atoms with van der Waals surface area (Å²) in [4.78, 5) is 8.47. The van der Waals surface area contributed by atoms with Crippen LogP contribution in [0, 0.1) is 0 Å². The first kappa shape index (κ1) is 12.5. The summed E-state index contributed by atoms with van der Waals surface area (Å²) in [5.74, 6) is 0. The Labute approximate surface area is 113 Å². The summed E-state index contributed by atoms with van der Waals surface area (Å²) in [6.45, 7) is 0. The summed E-state index contributed by atoms with van der Waals surface area (Å²) in [7, 11) is 0. The molecule has 0 saturated carbocycles. The minimum absolute atomic E-state index is 0.239. The van der Waals surface area contributed by atoms with Crippen molar-refractivity contribution in [1.82, 2.24) is 9.97 Å². The number of nitrogens with zero attached hydrogens (tertiary/aromatic N) is 2. The fraction of sp³-hybridized carbons (Fsp3) is 0.167. The molecule has 2 heterocycles. The second kappa shape index (κ2) is 5.58. The first-order valence-corrected chi connectivity index (χ1v) is 6.30. The summed E-state index contributed by atoms with van der Waals surface area (Å²) < 4.78 is 0.950. The molecule has 3 nitrogen and oxygen atoms in total. The molecule has 17 heavy (non-hydrogen) atoms. The zero-order valence-electron chi connectivity index (χ0n) is 8.98. The van der Waals surface area contributed by atoms with Gasteiger partial charge >= 0.3 is 0 Å². The average Bonchev–Trinajstić information content (AvgIpc) is 2.32. The number of pyridine rings is 2. The first-order valence-electron chi connectivity index (χ1n) is 5.13. The van der Waals surface area contributed by atoms with Crippen LogP contribution in [0.1, 0.15) is 17.4 Å². The van der Waals surface area contributed by atoms with Gasteiger partial charge in [0, 0.05) is 29.0 Å². The van der Waals surface area contributed by atoms with Crippen molar-refractivity contribution < 1.29 is 0 Å². The van der Waals surface area contributed by atoms with Crippen LogP contribution in [0.2, 0.25) is 5.02 Å². The normalized spacial score (nSPS) is 12.4. The third-order valence-corrected chi connectivity index (χ3v) is 3.14. The molecular weight excluding hydrogens is 302 g/mol. The second-order valence-corrected chi connectivity index (χ2v) is 4.97. The van der Waals surface area contributed by atoms with Gasteiger partial charge in [0.1, 0.15) is 0 Å². The summed E-state index contributed by atoms with van der Waals surface area (Å²) in [5.41, 5.74) is 7.69. The molecule has 0 fully saturated rings. The molecule has 0 aliphatic heterocycles. The summed E-state index contributed by atoms with van der Waals surface area (Å²) in [5, 5.41) is 0.595. The molecule has 0 aliphatic rings. The van der Waals surface area contributed by atoms with Gasteiger partial charge in [-0.15, -0.1) is 0 Å². The molecule has 88 valence electrons. The Bertz CT molecular complexity index is 501. The fourth-order valence-corrected chi connectivity index (χ4v) is 2.02. The van der Waals surface area contributed by atoms with E-state index in [0.717, 1.165) is 10.2 Å². The van der Waals surface area contributed by atoms with Gasteiger partial charge in [-0.25, -0.2) is 0 Å². The highest BCUT2D eigenvalue weighted by Crippen LogP contribution is 2.21. The van der Waals surface area contributed by atoms with Crippen molar-refractivity contribution in [2.24, 2.45) is 5.73 Å². The highest BCUT2D eigenvalue weighted by Gasteiger charge is 2.12. The summed E-state index contributed by atoms with van der Waals surface area (Å²) in [6, 6.07) is 7.21. The first-order chi connectivity index (χ1) is 8.16. The van der Waals surface area contributed by atoms with Gasteiger partial charge in [-0.2, -0.15) is 0 Å². The molecule has 0 aromatic carbocycles. The van der Waals surface area contributed by atoms with Gasteiger partial charge in [0.2, 0.25) is 0 Å². The molecule has 2 aromatic heterocycles. The Balaban J connectivity index is 2.14. The third kappa shape index (κ3) is 3.25. The van der Waals surface area contributed by atoms with Crippen LogP contribution in [0.5, 0.6) is 0 Å². The summed E-state index contributed by atoms with van der Waals surface area (Å²) >= 11 is 9.38. The van der Waals surface area contributed by atoms with Crippen molar-refractivity contribution in [3.05, 3.63) is 57.5 Å². The standard InChI is InChI=1S/C12H11BrClN3/c13-8-3-4-9(17-7-8)6-11(15)12-10(14)2-1-5-16-12/h1-5,7,11H,6,15H2. The van der Waals surface area contributed by atoms with Gasteiger partial charge < -0.3 is 5.73 Å². The molecule has 2 rings (SSSR count). The van der Waals surface area contributed by atoms with Crippen molar-refractivity contribution in [1.29, 1.82) is 0 Å². The van der Waals surface area contributed by atoms with E-state index in [2.05, 4.69) is 25.9 Å². The highest BCUT2D eigenvalue weighted by molar-refractivity contribution is 9.10. The van der Waals surface area contributed by atoms with E-state index in [4.69, 9.17) is 17.3 Å². The van der Waals surface area contributed by atoms with E-state index >= 15 is 0 Å². The monoisotopic (exact) mass is 311 g/mol. The highest BCUT2D eigenvalue weighted by atomic mass is 79.9. The van der Waals surface area contributed by atoms with Crippen LogP contribution in [0.4, 0.5) is 0 Å². The van der Waals surface area contributed by atoms with Crippen LogP contribution < -0.4 is 5.73 Å². The Kier molecular flexibility index (Phi) is 4.10. The van der Waals surface area contributed by atoms with Crippen LogP contribution in [0.15, 0.2) is 41.1 Å². The molecular formula is C12H11BrClN3. The Morgan fingerprint density at radius 2 is 2.12 bits per heavy atom. The molecule has 0 amide bonds. The van der Waals surface area contributed by atoms with Crippen LogP contribution in [0.25, 0.3) is 0 Å². The van der Waals surface area contributed by atoms with Crippen LogP contribution in [0.3, 0.4) is 0 Å². The predicted molar refractivity (Wildman–Crippen MR) is 71.8 cm³/mol. The molecule has 0 bridgehead atoms. The molecule has 2 N–H and O–H groups in total. The molecule has 0 saturated heterocycles. The van der Waals surface area contributed by atoms with Crippen LogP contribution in [-0.2, 0) is 6.42 Å². The van der Waals surface area contributed by atoms with Gasteiger partial charge in [0.15, 0.2) is 0 Å². The van der Waals surface area contributed by atoms with E-state index in [9.17, 15) is 0 Å². The number of aromatic nitrogens is 2. The number of halogens is 2. The van der Waals surface area contributed by atoms with E-state index < -0.39 is 0 Å². The minimum Gasteiger partial charge on any atom is -0.322 e. The van der Waals surface area contributed by atoms with E-state index in [0.29, 0.717) is 17.1 Å². The van der Waals surface area contributed by atoms with E-state index in [-0.39, 0.29) is 6.04 Å². The quantitative estimate of drug-likeness (QED) is 0.947. The SMILES string of the molecule is NC(Cc1ccc(Br)cn1)c1ncccc1Cl. The van der Waals surface area contributed by atoms with Crippen molar-refractivity contribution in [3.63, 3.8) is 0 Å². The molecule has 0 radical (unpaired) electrons. The molecule has 1 unspecified atom stereocenters. The van der Waals surface area contributed by atoms with E-state index in [1.54, 1.807) is 24.5 Å². The van der Waals surface area contributed by atoms with Gasteiger partial charge in [0.25, 0.3) is 0 Å². The van der Waals surface area contributed by atoms with Crippen molar-refractivity contribution in [2.75, 3.05) is 0 Å². The van der Waals surface area contributed by atoms with E-state index in [1.807, 2.05) is 12.1 Å². The van der Waals surface area contributed by atoms with Gasteiger partial charge in [0.05, 0.1) is 16.8 Å². The largest absolute Gasteiger partial charge is 0.322 e. The zero-order chi connectivity index (χ0) is 12.3. The minimum atomic E-state index is -0.239. The second-order valence-electron chi connectivity index (χ2n) is 3.65. The van der Waals surface area contributed by atoms with Gasteiger partial charge in [-0.05, 0) is 40.2 Å². The Hall–Kier alpha value is -0.970. The maximum Gasteiger partial charge on any atom is 0.0760 e. The lowest BCUT2D eigenvalue weighted by atomic mass is 10.1. The molecule has 2 aromatic rings. The molecule has 5 heteroatoms. The topological polar surface area (TPSA) is 51.8 Å². The number of hydrogen-bond donors (Lipinski definition) is 1. The molecule has 0 spiro atoms. The van der Waals surface area contributed by atoms with Gasteiger partial charge in [-0.1, -0.05) is 11.6 Å². The number of hydrogen-bond acceptors (Lipinski definition) is 3. The Morgan fingerprint density at radius 1 is 1.29 bits per heavy atom. The van der Waals surface area contributed by atoms with Crippen LogP contribution >= 0.6 is 27.5 Å².